The van der Waals surface area contributed by atoms with Crippen LogP contribution >= 0.6 is 0 Å². The Morgan fingerprint density at radius 3 is 2.50 bits per heavy atom. The summed E-state index contributed by atoms with van der Waals surface area (Å²) in [4.78, 5) is 22.4. The molecular formula is C21H23N2O5-. The van der Waals surface area contributed by atoms with E-state index >= 15 is 0 Å². The number of aliphatic carboxylic acids is 1. The zero-order chi connectivity index (χ0) is 20.4. The maximum Gasteiger partial charge on any atom is 0.277 e. The number of nitrogens with one attached hydrogen (secondary N) is 1. The predicted octanol–water partition coefficient (Wildman–Crippen LogP) is 1.86. The minimum Gasteiger partial charge on any atom is -0.546 e. The van der Waals surface area contributed by atoms with Gasteiger partial charge in [0.05, 0.1) is 12.2 Å². The number of benzene rings is 2. The molecule has 2 aromatic rings. The average molecular weight is 383 g/mol. The molecule has 1 N–H and O–H groups in total. The summed E-state index contributed by atoms with van der Waals surface area (Å²) in [7, 11) is 0. The Morgan fingerprint density at radius 1 is 1.11 bits per heavy atom. The summed E-state index contributed by atoms with van der Waals surface area (Å²) in [6.45, 7) is 3.54. The first-order chi connectivity index (χ1) is 13.5. The molecule has 1 amide bonds. The van der Waals surface area contributed by atoms with Gasteiger partial charge in [0.25, 0.3) is 5.91 Å². The lowest BCUT2D eigenvalue weighted by atomic mass is 9.99. The molecule has 0 spiro atoms. The normalized spacial score (nSPS) is 11.8. The van der Waals surface area contributed by atoms with Crippen molar-refractivity contribution in [1.29, 1.82) is 0 Å². The van der Waals surface area contributed by atoms with Gasteiger partial charge in [0.1, 0.15) is 18.1 Å². The van der Waals surface area contributed by atoms with E-state index in [9.17, 15) is 14.7 Å². The van der Waals surface area contributed by atoms with Crippen LogP contribution in [0.15, 0.2) is 53.6 Å². The largest absolute Gasteiger partial charge is 0.546 e. The van der Waals surface area contributed by atoms with Crippen LogP contribution in [0.4, 0.5) is 0 Å². The Balaban J connectivity index is 1.83. The van der Waals surface area contributed by atoms with Crippen molar-refractivity contribution >= 4 is 18.1 Å². The Hall–Kier alpha value is -3.35. The fourth-order valence-corrected chi connectivity index (χ4v) is 2.34. The number of para-hydroxylation sites is 1. The molecule has 0 radical (unpaired) electrons. The highest BCUT2D eigenvalue weighted by Gasteiger charge is 2.05. The molecule has 0 fully saturated rings. The van der Waals surface area contributed by atoms with Gasteiger partial charge in [0, 0.05) is 5.56 Å². The van der Waals surface area contributed by atoms with Crippen molar-refractivity contribution in [3.8, 4) is 11.5 Å². The van der Waals surface area contributed by atoms with E-state index in [0.29, 0.717) is 23.0 Å². The summed E-state index contributed by atoms with van der Waals surface area (Å²) >= 11 is 0. The standard InChI is InChI=1S/C21H24N2O5/c1-3-15(2)16-8-10-18(11-9-16)27-13-20(24)23-22-12-17-6-4-5-7-19(17)28-14-21(25)26/h4-12,15H,3,13-14H2,1-2H3,(H,23,24)(H,25,26)/p-1/b22-12+/t15-/m0/s1. The molecule has 2 rings (SSSR count). The van der Waals surface area contributed by atoms with Crippen molar-refractivity contribution in [3.05, 3.63) is 59.7 Å². The molecule has 2 aromatic carbocycles. The number of hydrogen-bond acceptors (Lipinski definition) is 6. The molecule has 0 aliphatic rings. The summed E-state index contributed by atoms with van der Waals surface area (Å²) in [5.74, 6) is -0.343. The molecule has 0 saturated carbocycles. The third kappa shape index (κ3) is 6.75. The molecule has 7 nitrogen and oxygen atoms in total. The average Bonchev–Trinajstić information content (AvgIpc) is 2.71. The van der Waals surface area contributed by atoms with Crippen LogP contribution in [0.2, 0.25) is 0 Å². The van der Waals surface area contributed by atoms with E-state index in [-0.39, 0.29) is 6.61 Å². The number of amides is 1. The van der Waals surface area contributed by atoms with Crippen LogP contribution in [-0.4, -0.2) is 31.3 Å². The summed E-state index contributed by atoms with van der Waals surface area (Å²) in [6.07, 6.45) is 2.42. The van der Waals surface area contributed by atoms with Crippen LogP contribution in [0.5, 0.6) is 11.5 Å². The first kappa shape index (κ1) is 21.0. The number of hydrazone groups is 1. The maximum atomic E-state index is 11.9. The number of carboxylic acids is 1. The molecule has 148 valence electrons. The van der Waals surface area contributed by atoms with Gasteiger partial charge in [0.15, 0.2) is 6.61 Å². The van der Waals surface area contributed by atoms with Crippen LogP contribution in [0.25, 0.3) is 0 Å². The van der Waals surface area contributed by atoms with Crippen LogP contribution in [0.1, 0.15) is 37.3 Å². The second-order valence-corrected chi connectivity index (χ2v) is 6.16. The molecule has 1 atom stereocenters. The third-order valence-corrected chi connectivity index (χ3v) is 4.09. The van der Waals surface area contributed by atoms with Crippen LogP contribution < -0.4 is 20.0 Å². The lowest BCUT2D eigenvalue weighted by Gasteiger charge is -2.10. The van der Waals surface area contributed by atoms with E-state index in [1.54, 1.807) is 24.3 Å². The summed E-state index contributed by atoms with van der Waals surface area (Å²) in [5.41, 5.74) is 4.10. The van der Waals surface area contributed by atoms with Crippen molar-refractivity contribution in [2.75, 3.05) is 13.2 Å². The van der Waals surface area contributed by atoms with Crippen molar-refractivity contribution in [2.24, 2.45) is 5.10 Å². The molecular weight excluding hydrogens is 360 g/mol. The quantitative estimate of drug-likeness (QED) is 0.499. The fraction of sp³-hybridized carbons (Fsp3) is 0.286. The Morgan fingerprint density at radius 2 is 1.82 bits per heavy atom. The zero-order valence-electron chi connectivity index (χ0n) is 15.9. The van der Waals surface area contributed by atoms with Gasteiger partial charge in [-0.2, -0.15) is 5.10 Å². The van der Waals surface area contributed by atoms with E-state index in [4.69, 9.17) is 9.47 Å². The first-order valence-electron chi connectivity index (χ1n) is 8.96. The van der Waals surface area contributed by atoms with E-state index < -0.39 is 18.5 Å². The molecule has 0 aromatic heterocycles. The minimum atomic E-state index is -1.32. The molecule has 0 aliphatic carbocycles. The number of carbonyl (C=O) groups excluding carboxylic acids is 2. The SMILES string of the molecule is CC[C@H](C)c1ccc(OCC(=O)N/N=C/c2ccccc2OCC(=O)[O-])cc1. The van der Waals surface area contributed by atoms with Gasteiger partial charge in [-0.05, 0) is 42.2 Å². The smallest absolute Gasteiger partial charge is 0.277 e. The highest BCUT2D eigenvalue weighted by atomic mass is 16.5. The lowest BCUT2D eigenvalue weighted by molar-refractivity contribution is -0.307. The van der Waals surface area contributed by atoms with Crippen LogP contribution in [0.3, 0.4) is 0 Å². The summed E-state index contributed by atoms with van der Waals surface area (Å²) in [5, 5.41) is 14.3. The monoisotopic (exact) mass is 383 g/mol. The molecule has 7 heteroatoms. The van der Waals surface area contributed by atoms with Crippen LogP contribution in [0, 0.1) is 0 Å². The lowest BCUT2D eigenvalue weighted by Crippen LogP contribution is -2.29. The van der Waals surface area contributed by atoms with E-state index in [0.717, 1.165) is 6.42 Å². The number of ether oxygens (including phenoxy) is 2. The van der Waals surface area contributed by atoms with Gasteiger partial charge in [-0.15, -0.1) is 0 Å². The number of hydrogen-bond donors (Lipinski definition) is 1. The first-order valence-corrected chi connectivity index (χ1v) is 8.96. The van der Waals surface area contributed by atoms with E-state index in [1.165, 1.54) is 11.8 Å². The van der Waals surface area contributed by atoms with Gasteiger partial charge in [-0.25, -0.2) is 5.43 Å². The van der Waals surface area contributed by atoms with E-state index in [2.05, 4.69) is 24.4 Å². The summed E-state index contributed by atoms with van der Waals surface area (Å²) < 4.78 is 10.5. The van der Waals surface area contributed by atoms with Crippen LogP contribution in [-0.2, 0) is 9.59 Å². The fourth-order valence-electron chi connectivity index (χ4n) is 2.34. The third-order valence-electron chi connectivity index (χ3n) is 4.09. The Bertz CT molecular complexity index is 818. The van der Waals surface area contributed by atoms with E-state index in [1.807, 2.05) is 24.3 Å². The topological polar surface area (TPSA) is 100 Å². The zero-order valence-corrected chi connectivity index (χ0v) is 15.9. The van der Waals surface area contributed by atoms with Gasteiger partial charge >= 0.3 is 0 Å². The van der Waals surface area contributed by atoms with Crippen molar-refractivity contribution in [1.82, 2.24) is 5.43 Å². The molecule has 0 heterocycles. The number of rotatable bonds is 10. The Labute approximate surface area is 164 Å². The minimum absolute atomic E-state index is 0.178. The molecule has 0 unspecified atom stereocenters. The molecule has 0 bridgehead atoms. The van der Waals surface area contributed by atoms with Crippen molar-refractivity contribution in [2.45, 2.75) is 26.2 Å². The Kier molecular flexibility index (Phi) is 8.02. The van der Waals surface area contributed by atoms with Crippen molar-refractivity contribution in [3.63, 3.8) is 0 Å². The molecule has 28 heavy (non-hydrogen) atoms. The second kappa shape index (κ2) is 10.7. The van der Waals surface area contributed by atoms with Crippen molar-refractivity contribution < 1.29 is 24.2 Å². The number of carboxylic acid groups (broad SMARTS) is 1. The van der Waals surface area contributed by atoms with Gasteiger partial charge in [-0.3, -0.25) is 4.79 Å². The van der Waals surface area contributed by atoms with Gasteiger partial charge < -0.3 is 19.4 Å². The number of carbonyl (C=O) groups is 2. The van der Waals surface area contributed by atoms with Gasteiger partial charge in [0.2, 0.25) is 0 Å². The number of nitrogens with zero attached hydrogens (tertiary/aromatic N) is 1. The second-order valence-electron chi connectivity index (χ2n) is 6.16. The van der Waals surface area contributed by atoms with Gasteiger partial charge in [-0.1, -0.05) is 38.1 Å². The molecule has 0 saturated heterocycles. The summed E-state index contributed by atoms with van der Waals surface area (Å²) in [6, 6.07) is 14.4. The maximum absolute atomic E-state index is 11.9. The predicted molar refractivity (Wildman–Crippen MR) is 103 cm³/mol. The highest BCUT2D eigenvalue weighted by molar-refractivity contribution is 5.85. The highest BCUT2D eigenvalue weighted by Crippen LogP contribution is 2.21. The molecule has 0 aliphatic heterocycles.